The highest BCUT2D eigenvalue weighted by Crippen LogP contribution is 2.24. The topological polar surface area (TPSA) is 216 Å². The van der Waals surface area contributed by atoms with Gasteiger partial charge in [0, 0.05) is 30.4 Å². The third-order valence-electron chi connectivity index (χ3n) is 6.59. The minimum absolute atomic E-state index is 0.0237. The van der Waals surface area contributed by atoms with Gasteiger partial charge in [-0.15, -0.1) is 9.36 Å². The van der Waals surface area contributed by atoms with Crippen molar-refractivity contribution in [2.24, 2.45) is 7.05 Å². The molecule has 0 unspecified atom stereocenters. The normalized spacial score (nSPS) is 10.6. The molecule has 5 heterocycles. The number of carboxylic acid groups (broad SMARTS) is 2. The SMILES string of the molecule is CC(C)n1nc(C#Cc2cc(Oc3nn[nH]c3C(=O)O)ccn2)cc1-n1cc(C#Cc2ccc(Oc3nn[nH]c3C(=O)O)cc2F)c[n+]1C. The number of aromatic amines is 2. The second-order valence-corrected chi connectivity index (χ2v) is 10.4. The molecule has 0 atom stereocenters. The first-order valence-electron chi connectivity index (χ1n) is 14.2. The van der Waals surface area contributed by atoms with Crippen molar-refractivity contribution in [1.29, 1.82) is 0 Å². The lowest BCUT2D eigenvalue weighted by molar-refractivity contribution is -0.744. The highest BCUT2D eigenvalue weighted by atomic mass is 19.1. The summed E-state index contributed by atoms with van der Waals surface area (Å²) in [4.78, 5) is 26.7. The van der Waals surface area contributed by atoms with Crippen LogP contribution in [0.1, 0.15) is 63.4 Å². The fraction of sp³-hybridized carbons (Fsp3) is 0.129. The predicted molar refractivity (Wildman–Crippen MR) is 163 cm³/mol. The van der Waals surface area contributed by atoms with Crippen LogP contribution in [0.3, 0.4) is 0 Å². The summed E-state index contributed by atoms with van der Waals surface area (Å²) in [7, 11) is 1.82. The fourth-order valence-corrected chi connectivity index (χ4v) is 4.36. The third-order valence-corrected chi connectivity index (χ3v) is 6.59. The Bertz CT molecular complexity index is 2350. The molecule has 18 heteroatoms. The van der Waals surface area contributed by atoms with Crippen molar-refractivity contribution >= 4 is 11.9 Å². The molecule has 6 rings (SSSR count). The number of aromatic carboxylic acids is 2. The van der Waals surface area contributed by atoms with Crippen molar-refractivity contribution in [3.63, 3.8) is 0 Å². The Morgan fingerprint density at radius 3 is 2.18 bits per heavy atom. The first kappa shape index (κ1) is 31.6. The van der Waals surface area contributed by atoms with Crippen LogP contribution in [0.25, 0.3) is 5.82 Å². The number of benzene rings is 1. The predicted octanol–water partition coefficient (Wildman–Crippen LogP) is 2.63. The number of carbonyl (C=O) groups is 2. The highest BCUT2D eigenvalue weighted by Gasteiger charge is 2.20. The van der Waals surface area contributed by atoms with Gasteiger partial charge in [-0.2, -0.15) is 5.10 Å². The minimum atomic E-state index is -1.32. The number of rotatable bonds is 8. The molecular formula is C31H23FN11O6+. The molecule has 0 saturated carbocycles. The Hall–Kier alpha value is -7.34. The highest BCUT2D eigenvalue weighted by molar-refractivity contribution is 5.88. The maximum absolute atomic E-state index is 14.9. The summed E-state index contributed by atoms with van der Waals surface area (Å²) in [6, 6.07) is 8.73. The molecule has 17 nitrogen and oxygen atoms in total. The van der Waals surface area contributed by atoms with Crippen LogP contribution < -0.4 is 14.2 Å². The van der Waals surface area contributed by atoms with E-state index in [-0.39, 0.29) is 46.3 Å². The lowest BCUT2D eigenvalue weighted by Crippen LogP contribution is -2.38. The number of halogens is 1. The molecule has 4 N–H and O–H groups in total. The summed E-state index contributed by atoms with van der Waals surface area (Å²) in [6.07, 6.45) is 5.00. The summed E-state index contributed by atoms with van der Waals surface area (Å²) in [5, 5.41) is 41.5. The maximum atomic E-state index is 14.9. The van der Waals surface area contributed by atoms with Gasteiger partial charge in [-0.3, -0.25) is 0 Å². The number of pyridine rings is 1. The Morgan fingerprint density at radius 2 is 1.55 bits per heavy atom. The molecular weight excluding hydrogens is 641 g/mol. The van der Waals surface area contributed by atoms with Crippen LogP contribution in [0.5, 0.6) is 23.3 Å². The van der Waals surface area contributed by atoms with Gasteiger partial charge in [-0.1, -0.05) is 32.5 Å². The number of H-pyrrole nitrogens is 2. The molecule has 0 aliphatic heterocycles. The van der Waals surface area contributed by atoms with Crippen LogP contribution in [0.4, 0.5) is 4.39 Å². The average Bonchev–Trinajstić information content (AvgIpc) is 3.87. The van der Waals surface area contributed by atoms with Crippen LogP contribution >= 0.6 is 0 Å². The van der Waals surface area contributed by atoms with Crippen molar-refractivity contribution in [3.05, 3.63) is 94.7 Å². The van der Waals surface area contributed by atoms with E-state index < -0.39 is 17.8 Å². The molecule has 0 amide bonds. The average molecular weight is 665 g/mol. The fourth-order valence-electron chi connectivity index (χ4n) is 4.36. The van der Waals surface area contributed by atoms with Crippen LogP contribution in [0, 0.1) is 29.5 Å². The number of nitrogens with zero attached hydrogens (tertiary/aromatic N) is 9. The van der Waals surface area contributed by atoms with Gasteiger partial charge in [-0.05, 0) is 43.9 Å². The van der Waals surface area contributed by atoms with Crippen molar-refractivity contribution in [2.75, 3.05) is 0 Å². The Kier molecular flexibility index (Phi) is 8.51. The molecule has 49 heavy (non-hydrogen) atoms. The van der Waals surface area contributed by atoms with E-state index in [1.165, 1.54) is 30.5 Å². The maximum Gasteiger partial charge on any atom is 0.359 e. The molecule has 0 saturated heterocycles. The van der Waals surface area contributed by atoms with Crippen LogP contribution in [-0.4, -0.2) is 72.4 Å². The van der Waals surface area contributed by atoms with Crippen molar-refractivity contribution in [3.8, 4) is 52.8 Å². The standard InChI is InChI=1S/C31H22FN11O6/c1-17(2)43-25(13-21(38-43)8-7-20-12-23(10-11-33-20)49-29-27(31(46)47)35-40-37-29)42-16-18(15-41(42)3)4-5-19-6-9-22(14-24(19)32)48-28-26(30(44)45)34-39-36-28/h6,9-17H,1-3H3,(H3-,34,35,36,37,39,40,44,45,46,47)/p+1. The van der Waals surface area contributed by atoms with Crippen molar-refractivity contribution < 1.29 is 38.3 Å². The zero-order valence-corrected chi connectivity index (χ0v) is 25.7. The van der Waals surface area contributed by atoms with Gasteiger partial charge in [0.2, 0.25) is 17.6 Å². The molecule has 0 aliphatic rings. The number of hydrogen-bond acceptors (Lipinski definition) is 10. The van der Waals surface area contributed by atoms with Crippen LogP contribution in [0.2, 0.25) is 0 Å². The van der Waals surface area contributed by atoms with Crippen molar-refractivity contribution in [1.82, 2.24) is 50.3 Å². The second-order valence-electron chi connectivity index (χ2n) is 10.4. The Morgan fingerprint density at radius 1 is 0.898 bits per heavy atom. The lowest BCUT2D eigenvalue weighted by Gasteiger charge is -2.09. The van der Waals surface area contributed by atoms with E-state index in [2.05, 4.69) is 64.6 Å². The first-order valence-corrected chi connectivity index (χ1v) is 14.2. The smallest absolute Gasteiger partial charge is 0.359 e. The zero-order chi connectivity index (χ0) is 34.7. The van der Waals surface area contributed by atoms with E-state index >= 15 is 0 Å². The van der Waals surface area contributed by atoms with E-state index in [0.717, 1.165) is 6.07 Å². The van der Waals surface area contributed by atoms with Gasteiger partial charge in [-0.25, -0.2) is 33.8 Å². The van der Waals surface area contributed by atoms with Gasteiger partial charge in [0.05, 0.1) is 11.8 Å². The second kappa shape index (κ2) is 13.2. The van der Waals surface area contributed by atoms with E-state index in [9.17, 15) is 19.1 Å². The van der Waals surface area contributed by atoms with Gasteiger partial charge in [0.15, 0.2) is 12.9 Å². The number of nitrogens with one attached hydrogen (secondary N) is 2. The van der Waals surface area contributed by atoms with E-state index in [1.54, 1.807) is 27.8 Å². The van der Waals surface area contributed by atoms with E-state index in [4.69, 9.17) is 14.6 Å². The lowest BCUT2D eigenvalue weighted by atomic mass is 10.2. The van der Waals surface area contributed by atoms with Crippen LogP contribution in [-0.2, 0) is 7.05 Å². The van der Waals surface area contributed by atoms with Gasteiger partial charge in [0.1, 0.15) is 34.3 Å². The molecule has 0 bridgehead atoms. The number of hydrogen-bond donors (Lipinski definition) is 4. The molecule has 0 fully saturated rings. The Labute approximate surface area is 274 Å². The Balaban J connectivity index is 1.21. The first-order chi connectivity index (χ1) is 23.5. The minimum Gasteiger partial charge on any atom is -0.476 e. The summed E-state index contributed by atoms with van der Waals surface area (Å²) < 4.78 is 31.2. The number of carboxylic acids is 2. The molecule has 0 radical (unpaired) electrons. The third kappa shape index (κ3) is 6.93. The van der Waals surface area contributed by atoms with Crippen molar-refractivity contribution in [2.45, 2.75) is 19.9 Å². The molecule has 1 aromatic carbocycles. The van der Waals surface area contributed by atoms with Gasteiger partial charge in [0.25, 0.3) is 11.8 Å². The quantitative estimate of drug-likeness (QED) is 0.136. The largest absolute Gasteiger partial charge is 0.476 e. The van der Waals surface area contributed by atoms with E-state index in [1.807, 2.05) is 25.6 Å². The number of aryl methyl sites for hydroxylation is 1. The molecule has 5 aromatic heterocycles. The van der Waals surface area contributed by atoms with Gasteiger partial charge < -0.3 is 19.7 Å². The molecule has 0 spiro atoms. The van der Waals surface area contributed by atoms with E-state index in [0.29, 0.717) is 22.8 Å². The summed E-state index contributed by atoms with van der Waals surface area (Å²) in [5.41, 5.74) is 0.817. The molecule has 0 aliphatic carbocycles. The molecule has 244 valence electrons. The summed E-state index contributed by atoms with van der Waals surface area (Å²) in [6.45, 7) is 3.94. The molecule has 6 aromatic rings. The van der Waals surface area contributed by atoms with Crippen LogP contribution in [0.15, 0.2) is 55.0 Å². The summed E-state index contributed by atoms with van der Waals surface area (Å²) >= 11 is 0. The monoisotopic (exact) mass is 664 g/mol. The number of aromatic nitrogens is 11. The van der Waals surface area contributed by atoms with Gasteiger partial charge >= 0.3 is 11.9 Å². The zero-order valence-electron chi connectivity index (χ0n) is 25.7. The number of ether oxygens (including phenoxy) is 2. The summed E-state index contributed by atoms with van der Waals surface area (Å²) in [5.74, 6) is 8.92.